The van der Waals surface area contributed by atoms with Crippen molar-refractivity contribution < 1.29 is 17.9 Å². The van der Waals surface area contributed by atoms with Crippen molar-refractivity contribution in [3.05, 3.63) is 0 Å². The third-order valence-electron chi connectivity index (χ3n) is 1.65. The quantitative estimate of drug-likeness (QED) is 0.705. The Labute approximate surface area is 69.9 Å². The summed E-state index contributed by atoms with van der Waals surface area (Å²) < 4.78 is 40.9. The van der Waals surface area contributed by atoms with Crippen LogP contribution in [0.15, 0.2) is 0 Å². The first kappa shape index (κ1) is 11.7. The van der Waals surface area contributed by atoms with E-state index in [0.717, 1.165) is 0 Å². The fraction of sp³-hybridized carbons (Fsp3) is 1.00. The monoisotopic (exact) mass is 185 g/mol. The van der Waals surface area contributed by atoms with E-state index in [1.165, 1.54) is 7.11 Å². The van der Waals surface area contributed by atoms with Crippen LogP contribution in [-0.2, 0) is 4.74 Å². The van der Waals surface area contributed by atoms with Gasteiger partial charge in [-0.25, -0.2) is 0 Å². The minimum atomic E-state index is -4.14. The van der Waals surface area contributed by atoms with Crippen molar-refractivity contribution in [1.82, 2.24) is 0 Å². The number of alkyl halides is 3. The lowest BCUT2D eigenvalue weighted by atomic mass is 10.0. The molecule has 12 heavy (non-hydrogen) atoms. The fourth-order valence-corrected chi connectivity index (χ4v) is 0.933. The third kappa shape index (κ3) is 4.56. The smallest absolute Gasteiger partial charge is 0.385 e. The van der Waals surface area contributed by atoms with Crippen molar-refractivity contribution in [2.24, 2.45) is 11.7 Å². The van der Waals surface area contributed by atoms with Gasteiger partial charge in [0.2, 0.25) is 0 Å². The Morgan fingerprint density at radius 1 is 1.33 bits per heavy atom. The Morgan fingerprint density at radius 2 is 1.92 bits per heavy atom. The van der Waals surface area contributed by atoms with Crippen molar-refractivity contribution in [2.45, 2.75) is 19.0 Å². The highest BCUT2D eigenvalue weighted by Gasteiger charge is 2.38. The Kier molecular flexibility index (Phi) is 5.24. The molecule has 0 bridgehead atoms. The number of hydrogen-bond acceptors (Lipinski definition) is 2. The summed E-state index contributed by atoms with van der Waals surface area (Å²) in [6.07, 6.45) is -4.16. The number of hydrogen-bond donors (Lipinski definition) is 1. The van der Waals surface area contributed by atoms with Gasteiger partial charge < -0.3 is 10.5 Å². The molecule has 2 nitrogen and oxygen atoms in total. The van der Waals surface area contributed by atoms with Crippen molar-refractivity contribution in [1.29, 1.82) is 0 Å². The lowest BCUT2D eigenvalue weighted by Crippen LogP contribution is -2.26. The van der Waals surface area contributed by atoms with E-state index in [2.05, 4.69) is 4.74 Å². The van der Waals surface area contributed by atoms with Crippen LogP contribution in [0.4, 0.5) is 13.2 Å². The molecule has 0 aliphatic rings. The number of methoxy groups -OCH3 is 1. The second-order valence-electron chi connectivity index (χ2n) is 2.60. The van der Waals surface area contributed by atoms with Gasteiger partial charge in [-0.15, -0.1) is 0 Å². The second-order valence-corrected chi connectivity index (χ2v) is 2.60. The topological polar surface area (TPSA) is 35.2 Å². The second kappa shape index (κ2) is 5.37. The molecule has 0 fully saturated rings. The maximum Gasteiger partial charge on any atom is 0.391 e. The zero-order valence-electron chi connectivity index (χ0n) is 7.03. The molecule has 74 valence electrons. The van der Waals surface area contributed by atoms with Crippen LogP contribution in [0.2, 0.25) is 0 Å². The van der Waals surface area contributed by atoms with Gasteiger partial charge in [0.15, 0.2) is 0 Å². The Morgan fingerprint density at radius 3 is 2.25 bits per heavy atom. The Bertz CT molecular complexity index is 116. The molecule has 5 heteroatoms. The summed E-state index contributed by atoms with van der Waals surface area (Å²) in [7, 11) is 1.38. The summed E-state index contributed by atoms with van der Waals surface area (Å²) in [5.41, 5.74) is 5.06. The van der Waals surface area contributed by atoms with Gasteiger partial charge in [0.05, 0.1) is 5.92 Å². The van der Waals surface area contributed by atoms with Crippen LogP contribution in [0.25, 0.3) is 0 Å². The molecule has 0 saturated carbocycles. The summed E-state index contributed by atoms with van der Waals surface area (Å²) in [6.45, 7) is 0.193. The Hall–Kier alpha value is -0.290. The van der Waals surface area contributed by atoms with Crippen molar-refractivity contribution >= 4 is 0 Å². The minimum Gasteiger partial charge on any atom is -0.385 e. The van der Waals surface area contributed by atoms with E-state index in [4.69, 9.17) is 5.73 Å². The zero-order valence-corrected chi connectivity index (χ0v) is 7.03. The predicted molar refractivity (Wildman–Crippen MR) is 39.7 cm³/mol. The first-order chi connectivity index (χ1) is 5.52. The van der Waals surface area contributed by atoms with Crippen LogP contribution in [0.5, 0.6) is 0 Å². The van der Waals surface area contributed by atoms with Crippen LogP contribution in [0.3, 0.4) is 0 Å². The number of halogens is 3. The first-order valence-corrected chi connectivity index (χ1v) is 3.78. The minimum absolute atomic E-state index is 0.00278. The number of ether oxygens (including phenoxy) is 1. The standard InChI is InChI=1S/C7H14F3NO/c1-12-5-3-6(2-4-11)7(8,9)10/h6H,2-5,11H2,1H3. The lowest BCUT2D eigenvalue weighted by molar-refractivity contribution is -0.179. The van der Waals surface area contributed by atoms with Crippen molar-refractivity contribution in [3.63, 3.8) is 0 Å². The van der Waals surface area contributed by atoms with Crippen molar-refractivity contribution in [2.75, 3.05) is 20.3 Å². The van der Waals surface area contributed by atoms with Crippen LogP contribution in [0, 0.1) is 5.92 Å². The molecule has 1 unspecified atom stereocenters. The van der Waals surface area contributed by atoms with E-state index >= 15 is 0 Å². The summed E-state index contributed by atoms with van der Waals surface area (Å²) in [6, 6.07) is 0. The SMILES string of the molecule is COCCC(CCN)C(F)(F)F. The molecule has 0 aromatic rings. The van der Waals surface area contributed by atoms with E-state index in [1.807, 2.05) is 0 Å². The summed E-state index contributed by atoms with van der Waals surface area (Å²) in [4.78, 5) is 0. The van der Waals surface area contributed by atoms with Crippen LogP contribution < -0.4 is 5.73 Å². The molecule has 0 aromatic heterocycles. The molecule has 2 N–H and O–H groups in total. The van der Waals surface area contributed by atoms with E-state index in [9.17, 15) is 13.2 Å². The van der Waals surface area contributed by atoms with Gasteiger partial charge in [-0.3, -0.25) is 0 Å². The number of rotatable bonds is 5. The zero-order chi connectivity index (χ0) is 9.61. The molecule has 1 atom stereocenters. The molecule has 0 saturated heterocycles. The summed E-state index contributed by atoms with van der Waals surface area (Å²) in [5.74, 6) is -1.32. The molecule has 0 aliphatic heterocycles. The normalized spacial score (nSPS) is 14.8. The summed E-state index contributed by atoms with van der Waals surface area (Å²) >= 11 is 0. The van der Waals surface area contributed by atoms with E-state index < -0.39 is 12.1 Å². The molecule has 0 radical (unpaired) electrons. The highest BCUT2D eigenvalue weighted by atomic mass is 19.4. The highest BCUT2D eigenvalue weighted by Crippen LogP contribution is 2.30. The van der Waals surface area contributed by atoms with E-state index in [-0.39, 0.29) is 26.0 Å². The van der Waals surface area contributed by atoms with Gasteiger partial charge in [-0.2, -0.15) is 13.2 Å². The van der Waals surface area contributed by atoms with Gasteiger partial charge in [0, 0.05) is 13.7 Å². The van der Waals surface area contributed by atoms with Crippen molar-refractivity contribution in [3.8, 4) is 0 Å². The predicted octanol–water partition coefficient (Wildman–Crippen LogP) is 1.55. The molecule has 0 amide bonds. The van der Waals surface area contributed by atoms with Gasteiger partial charge >= 0.3 is 6.18 Å². The molecule has 0 rings (SSSR count). The van der Waals surface area contributed by atoms with Gasteiger partial charge in [0.1, 0.15) is 0 Å². The molecule has 0 aromatic carbocycles. The largest absolute Gasteiger partial charge is 0.391 e. The average molecular weight is 185 g/mol. The lowest BCUT2D eigenvalue weighted by Gasteiger charge is -2.18. The third-order valence-corrected chi connectivity index (χ3v) is 1.65. The van der Waals surface area contributed by atoms with Crippen LogP contribution >= 0.6 is 0 Å². The van der Waals surface area contributed by atoms with E-state index in [1.54, 1.807) is 0 Å². The van der Waals surface area contributed by atoms with Gasteiger partial charge in [0.25, 0.3) is 0 Å². The molecule has 0 heterocycles. The number of nitrogens with two attached hydrogens (primary N) is 1. The average Bonchev–Trinajstić information content (AvgIpc) is 1.95. The van der Waals surface area contributed by atoms with Gasteiger partial charge in [-0.1, -0.05) is 0 Å². The summed E-state index contributed by atoms with van der Waals surface area (Å²) in [5, 5.41) is 0. The van der Waals surface area contributed by atoms with Crippen LogP contribution in [-0.4, -0.2) is 26.4 Å². The van der Waals surface area contributed by atoms with Crippen LogP contribution in [0.1, 0.15) is 12.8 Å². The molecular weight excluding hydrogens is 171 g/mol. The van der Waals surface area contributed by atoms with E-state index in [0.29, 0.717) is 0 Å². The maximum absolute atomic E-state index is 12.1. The molecule has 0 aliphatic carbocycles. The molecule has 0 spiro atoms. The van der Waals surface area contributed by atoms with Gasteiger partial charge in [-0.05, 0) is 19.4 Å². The Balaban J connectivity index is 3.86. The molecular formula is C7H14F3NO. The maximum atomic E-state index is 12.1. The highest BCUT2D eigenvalue weighted by molar-refractivity contribution is 4.67. The fourth-order valence-electron chi connectivity index (χ4n) is 0.933. The first-order valence-electron chi connectivity index (χ1n) is 3.78.